The van der Waals surface area contributed by atoms with Crippen molar-refractivity contribution in [1.29, 1.82) is 0 Å². The van der Waals surface area contributed by atoms with Gasteiger partial charge in [-0.25, -0.2) is 4.39 Å². The van der Waals surface area contributed by atoms with E-state index in [4.69, 9.17) is 4.42 Å². The highest BCUT2D eigenvalue weighted by molar-refractivity contribution is 5.99. The predicted octanol–water partition coefficient (Wildman–Crippen LogP) is 4.76. The first-order valence-corrected chi connectivity index (χ1v) is 10.3. The van der Waals surface area contributed by atoms with E-state index < -0.39 is 0 Å². The molecule has 1 aromatic heterocycles. The molecule has 0 aliphatic carbocycles. The Labute approximate surface area is 178 Å². The predicted molar refractivity (Wildman–Crippen MR) is 117 cm³/mol. The molecule has 1 unspecified atom stereocenters. The average molecular weight is 416 g/mol. The van der Waals surface area contributed by atoms with E-state index in [1.807, 2.05) is 42.5 Å². The molecule has 0 bridgehead atoms. The van der Waals surface area contributed by atoms with Crippen molar-refractivity contribution >= 4 is 33.6 Å². The molecule has 1 atom stereocenters. The summed E-state index contributed by atoms with van der Waals surface area (Å²) in [6.07, 6.45) is 1.58. The molecule has 5 rings (SSSR count). The Kier molecular flexibility index (Phi) is 4.90. The van der Waals surface area contributed by atoms with Crippen LogP contribution >= 0.6 is 0 Å². The molecule has 2 heterocycles. The Morgan fingerprint density at radius 1 is 0.968 bits per heavy atom. The number of carbonyl (C=O) groups excluding carboxylic acids is 2. The van der Waals surface area contributed by atoms with Gasteiger partial charge >= 0.3 is 0 Å². The smallest absolute Gasteiger partial charge is 0.289 e. The monoisotopic (exact) mass is 416 g/mol. The van der Waals surface area contributed by atoms with Crippen molar-refractivity contribution in [2.75, 3.05) is 13.1 Å². The van der Waals surface area contributed by atoms with Gasteiger partial charge in [0.2, 0.25) is 0 Å². The number of hydrogen-bond acceptors (Lipinski definition) is 3. The molecular weight excluding hydrogens is 395 g/mol. The van der Waals surface area contributed by atoms with Crippen molar-refractivity contribution in [3.63, 3.8) is 0 Å². The summed E-state index contributed by atoms with van der Waals surface area (Å²) in [5.41, 5.74) is 1.07. The van der Waals surface area contributed by atoms with Crippen LogP contribution in [0.4, 0.5) is 4.39 Å². The Morgan fingerprint density at radius 3 is 2.68 bits per heavy atom. The topological polar surface area (TPSA) is 62.6 Å². The molecule has 5 nitrogen and oxygen atoms in total. The van der Waals surface area contributed by atoms with Gasteiger partial charge in [-0.15, -0.1) is 0 Å². The van der Waals surface area contributed by atoms with Crippen LogP contribution in [0.2, 0.25) is 0 Å². The maximum absolute atomic E-state index is 13.4. The highest BCUT2D eigenvalue weighted by Crippen LogP contribution is 2.23. The zero-order valence-corrected chi connectivity index (χ0v) is 16.8. The van der Waals surface area contributed by atoms with Crippen LogP contribution in [0.25, 0.3) is 21.7 Å². The van der Waals surface area contributed by atoms with E-state index in [0.29, 0.717) is 29.6 Å². The second-order valence-electron chi connectivity index (χ2n) is 7.92. The minimum atomic E-state index is -0.373. The number of benzene rings is 3. The molecule has 1 aliphatic rings. The molecule has 4 aromatic rings. The van der Waals surface area contributed by atoms with Crippen LogP contribution in [0.15, 0.2) is 71.1 Å². The number of amides is 2. The number of halogens is 1. The molecule has 0 spiro atoms. The number of nitrogens with one attached hydrogen (secondary N) is 1. The molecule has 6 heteroatoms. The Balaban J connectivity index is 1.28. The van der Waals surface area contributed by atoms with Crippen LogP contribution < -0.4 is 5.32 Å². The quantitative estimate of drug-likeness (QED) is 0.524. The molecule has 156 valence electrons. The average Bonchev–Trinajstić information content (AvgIpc) is 3.21. The second kappa shape index (κ2) is 7.87. The van der Waals surface area contributed by atoms with Crippen LogP contribution in [0.3, 0.4) is 0 Å². The minimum Gasteiger partial charge on any atom is -0.451 e. The summed E-state index contributed by atoms with van der Waals surface area (Å²) >= 11 is 0. The number of likely N-dealkylation sites (tertiary alicyclic amines) is 1. The van der Waals surface area contributed by atoms with Crippen LogP contribution in [-0.2, 0) is 0 Å². The zero-order valence-electron chi connectivity index (χ0n) is 16.8. The largest absolute Gasteiger partial charge is 0.451 e. The SMILES string of the molecule is O=C(NC1CCCN(C(=O)c2cc3cc(F)ccc3o2)C1)c1ccc2ccccc2c1. The molecule has 0 radical (unpaired) electrons. The van der Waals surface area contributed by atoms with Crippen molar-refractivity contribution in [3.05, 3.63) is 83.9 Å². The van der Waals surface area contributed by atoms with Crippen LogP contribution in [0, 0.1) is 5.82 Å². The summed E-state index contributed by atoms with van der Waals surface area (Å²) in [5, 5.41) is 5.71. The summed E-state index contributed by atoms with van der Waals surface area (Å²) in [6, 6.07) is 19.1. The van der Waals surface area contributed by atoms with Crippen LogP contribution in [0.5, 0.6) is 0 Å². The van der Waals surface area contributed by atoms with Gasteiger partial charge in [0.25, 0.3) is 11.8 Å². The van der Waals surface area contributed by atoms with Gasteiger partial charge in [0.1, 0.15) is 11.4 Å². The number of carbonyl (C=O) groups is 2. The van der Waals surface area contributed by atoms with Gasteiger partial charge in [-0.2, -0.15) is 0 Å². The lowest BCUT2D eigenvalue weighted by molar-refractivity contribution is 0.0649. The number of piperidine rings is 1. The normalized spacial score (nSPS) is 16.5. The zero-order chi connectivity index (χ0) is 21.4. The summed E-state index contributed by atoms with van der Waals surface area (Å²) in [5.74, 6) is -0.589. The van der Waals surface area contributed by atoms with E-state index in [-0.39, 0.29) is 29.4 Å². The third-order valence-corrected chi connectivity index (χ3v) is 5.74. The van der Waals surface area contributed by atoms with Crippen LogP contribution in [0.1, 0.15) is 33.8 Å². The lowest BCUT2D eigenvalue weighted by Crippen LogP contribution is -2.49. The van der Waals surface area contributed by atoms with Gasteiger partial charge in [-0.1, -0.05) is 30.3 Å². The van der Waals surface area contributed by atoms with E-state index in [0.717, 1.165) is 23.6 Å². The van der Waals surface area contributed by atoms with E-state index in [1.54, 1.807) is 11.0 Å². The first-order chi connectivity index (χ1) is 15.1. The molecule has 1 fully saturated rings. The van der Waals surface area contributed by atoms with Crippen molar-refractivity contribution in [2.45, 2.75) is 18.9 Å². The highest BCUT2D eigenvalue weighted by atomic mass is 19.1. The number of hydrogen-bond donors (Lipinski definition) is 1. The molecule has 2 amide bonds. The third kappa shape index (κ3) is 3.89. The minimum absolute atomic E-state index is 0.140. The van der Waals surface area contributed by atoms with Gasteiger partial charge in [-0.3, -0.25) is 9.59 Å². The highest BCUT2D eigenvalue weighted by Gasteiger charge is 2.27. The molecule has 31 heavy (non-hydrogen) atoms. The van der Waals surface area contributed by atoms with Crippen LogP contribution in [-0.4, -0.2) is 35.8 Å². The fourth-order valence-corrected chi connectivity index (χ4v) is 4.15. The number of furan rings is 1. The Bertz CT molecular complexity index is 1300. The molecule has 0 saturated carbocycles. The summed E-state index contributed by atoms with van der Waals surface area (Å²) in [7, 11) is 0. The Hall–Kier alpha value is -3.67. The lowest BCUT2D eigenvalue weighted by atomic mass is 10.0. The fourth-order valence-electron chi connectivity index (χ4n) is 4.15. The molecular formula is C25H21FN2O3. The third-order valence-electron chi connectivity index (χ3n) is 5.74. The maximum Gasteiger partial charge on any atom is 0.289 e. The molecule has 3 aromatic carbocycles. The molecule has 1 aliphatic heterocycles. The number of fused-ring (bicyclic) bond motifs is 2. The first kappa shape index (κ1) is 19.3. The van der Waals surface area contributed by atoms with E-state index in [1.165, 1.54) is 18.2 Å². The van der Waals surface area contributed by atoms with Crippen molar-refractivity contribution in [1.82, 2.24) is 10.2 Å². The van der Waals surface area contributed by atoms with E-state index in [2.05, 4.69) is 5.32 Å². The van der Waals surface area contributed by atoms with Gasteiger partial charge in [0.05, 0.1) is 0 Å². The van der Waals surface area contributed by atoms with Gasteiger partial charge in [-0.05, 0) is 60.0 Å². The van der Waals surface area contributed by atoms with E-state index in [9.17, 15) is 14.0 Å². The van der Waals surface area contributed by atoms with Gasteiger partial charge in [0.15, 0.2) is 5.76 Å². The molecule has 1 N–H and O–H groups in total. The van der Waals surface area contributed by atoms with Gasteiger partial charge in [0, 0.05) is 30.1 Å². The summed E-state index contributed by atoms with van der Waals surface area (Å²) in [4.78, 5) is 27.4. The number of rotatable bonds is 3. The second-order valence-corrected chi connectivity index (χ2v) is 7.92. The first-order valence-electron chi connectivity index (χ1n) is 10.3. The van der Waals surface area contributed by atoms with Crippen molar-refractivity contribution in [2.24, 2.45) is 0 Å². The summed E-state index contributed by atoms with van der Waals surface area (Å²) < 4.78 is 19.0. The molecule has 1 saturated heterocycles. The van der Waals surface area contributed by atoms with Crippen molar-refractivity contribution < 1.29 is 18.4 Å². The standard InChI is InChI=1S/C25H21FN2O3/c26-20-9-10-22-19(13-20)14-23(31-22)25(30)28-11-3-6-21(15-28)27-24(29)18-8-7-16-4-1-2-5-17(16)12-18/h1-2,4-5,7-10,12-14,21H,3,6,11,15H2,(H,27,29). The fraction of sp³-hybridized carbons (Fsp3) is 0.200. The summed E-state index contributed by atoms with van der Waals surface area (Å²) in [6.45, 7) is 0.996. The Morgan fingerprint density at radius 2 is 1.81 bits per heavy atom. The van der Waals surface area contributed by atoms with Gasteiger partial charge < -0.3 is 14.6 Å². The number of nitrogens with zero attached hydrogens (tertiary/aromatic N) is 1. The van der Waals surface area contributed by atoms with Crippen molar-refractivity contribution in [3.8, 4) is 0 Å². The maximum atomic E-state index is 13.4. The lowest BCUT2D eigenvalue weighted by Gasteiger charge is -2.32. The van der Waals surface area contributed by atoms with E-state index >= 15 is 0 Å².